The Morgan fingerprint density at radius 2 is 1.79 bits per heavy atom. The van der Waals surface area contributed by atoms with Crippen molar-refractivity contribution in [3.05, 3.63) is 47.0 Å². The molecule has 0 saturated heterocycles. The summed E-state index contributed by atoms with van der Waals surface area (Å²) in [4.78, 5) is 0. The minimum absolute atomic E-state index is 0.00585. The number of allylic oxidation sites excluding steroid dienone is 2. The number of aryl methyl sites for hydroxylation is 1. The Bertz CT molecular complexity index is 575. The highest BCUT2D eigenvalue weighted by Gasteiger charge is 2.40. The minimum atomic E-state index is -3.82. The highest BCUT2D eigenvalue weighted by molar-refractivity contribution is 5.27. The molecule has 0 atom stereocenters. The van der Waals surface area contributed by atoms with E-state index in [-0.39, 0.29) is 5.56 Å². The van der Waals surface area contributed by atoms with Crippen LogP contribution in [0.5, 0.6) is 0 Å². The maximum absolute atomic E-state index is 14.2. The average molecular weight is 344 g/mol. The molecule has 0 N–H and O–H groups in total. The molecular weight excluding hydrogens is 320 g/mol. The van der Waals surface area contributed by atoms with Gasteiger partial charge in [0.1, 0.15) is 0 Å². The van der Waals surface area contributed by atoms with Crippen LogP contribution in [-0.2, 0) is 10.8 Å². The lowest BCUT2D eigenvalue weighted by Gasteiger charge is -2.31. The summed E-state index contributed by atoms with van der Waals surface area (Å²) in [5.41, 5.74) is -1.03. The van der Waals surface area contributed by atoms with Crippen molar-refractivity contribution in [3.8, 4) is 0 Å². The Labute approximate surface area is 140 Å². The van der Waals surface area contributed by atoms with Gasteiger partial charge in [-0.25, -0.2) is 8.78 Å². The van der Waals surface area contributed by atoms with Crippen LogP contribution in [0.15, 0.2) is 24.3 Å². The van der Waals surface area contributed by atoms with Crippen molar-refractivity contribution in [3.63, 3.8) is 0 Å². The molecule has 0 bridgehead atoms. The summed E-state index contributed by atoms with van der Waals surface area (Å²) >= 11 is 0. The van der Waals surface area contributed by atoms with E-state index >= 15 is 0 Å². The first kappa shape index (κ1) is 19.0. The summed E-state index contributed by atoms with van der Waals surface area (Å²) in [5, 5.41) is 0. The maximum Gasteiger partial charge on any atom is 0.386 e. The number of rotatable bonds is 6. The zero-order valence-corrected chi connectivity index (χ0v) is 14.1. The molecule has 0 heterocycles. The SMILES string of the molecule is C/C=C/CCC1CCC(OC(F)(F)c2ccc(C)c(F)c2F)CC1. The van der Waals surface area contributed by atoms with Crippen molar-refractivity contribution < 1.29 is 22.3 Å². The quantitative estimate of drug-likeness (QED) is 0.437. The van der Waals surface area contributed by atoms with Gasteiger partial charge in [0.2, 0.25) is 0 Å². The largest absolute Gasteiger partial charge is 0.386 e. The Hall–Kier alpha value is -1.36. The molecule has 1 aromatic carbocycles. The van der Waals surface area contributed by atoms with E-state index in [1.54, 1.807) is 0 Å². The molecule has 1 saturated carbocycles. The molecule has 1 nitrogen and oxygen atoms in total. The summed E-state index contributed by atoms with van der Waals surface area (Å²) in [6, 6.07) is 2.04. The summed E-state index contributed by atoms with van der Waals surface area (Å²) in [5.74, 6) is -2.26. The Kier molecular flexibility index (Phi) is 6.44. The van der Waals surface area contributed by atoms with E-state index in [9.17, 15) is 17.6 Å². The first-order valence-corrected chi connectivity index (χ1v) is 8.47. The van der Waals surface area contributed by atoms with Crippen LogP contribution in [0.3, 0.4) is 0 Å². The Balaban J connectivity index is 1.95. The van der Waals surface area contributed by atoms with Gasteiger partial charge in [-0.1, -0.05) is 18.2 Å². The number of alkyl halides is 2. The fourth-order valence-corrected chi connectivity index (χ4v) is 3.18. The van der Waals surface area contributed by atoms with Gasteiger partial charge in [-0.3, -0.25) is 0 Å². The van der Waals surface area contributed by atoms with E-state index in [1.165, 1.54) is 6.92 Å². The second kappa shape index (κ2) is 8.15. The number of ether oxygens (including phenoxy) is 1. The van der Waals surface area contributed by atoms with Crippen LogP contribution in [0.2, 0.25) is 0 Å². The second-order valence-electron chi connectivity index (χ2n) is 6.48. The fourth-order valence-electron chi connectivity index (χ4n) is 3.18. The summed E-state index contributed by atoms with van der Waals surface area (Å²) < 4.78 is 60.6. The van der Waals surface area contributed by atoms with E-state index in [1.807, 2.05) is 13.0 Å². The maximum atomic E-state index is 14.2. The third-order valence-corrected chi connectivity index (χ3v) is 4.67. The van der Waals surface area contributed by atoms with Gasteiger partial charge in [-0.2, -0.15) is 8.78 Å². The van der Waals surface area contributed by atoms with Crippen molar-refractivity contribution in [2.45, 2.75) is 64.6 Å². The van der Waals surface area contributed by atoms with Crippen LogP contribution in [-0.4, -0.2) is 6.10 Å². The monoisotopic (exact) mass is 344 g/mol. The second-order valence-corrected chi connectivity index (χ2v) is 6.48. The molecule has 0 spiro atoms. The topological polar surface area (TPSA) is 9.23 Å². The van der Waals surface area contributed by atoms with Crippen molar-refractivity contribution >= 4 is 0 Å². The van der Waals surface area contributed by atoms with E-state index in [0.29, 0.717) is 18.8 Å². The summed E-state index contributed by atoms with van der Waals surface area (Å²) in [6.07, 6.45) is 4.39. The first-order valence-electron chi connectivity index (χ1n) is 8.47. The fraction of sp³-hybridized carbons (Fsp3) is 0.579. The number of halogens is 4. The summed E-state index contributed by atoms with van der Waals surface area (Å²) in [7, 11) is 0. The van der Waals surface area contributed by atoms with Crippen molar-refractivity contribution in [1.29, 1.82) is 0 Å². The van der Waals surface area contributed by atoms with Gasteiger partial charge in [0, 0.05) is 0 Å². The number of hydrogen-bond acceptors (Lipinski definition) is 1. The van der Waals surface area contributed by atoms with Crippen LogP contribution < -0.4 is 0 Å². The smallest absolute Gasteiger partial charge is 0.313 e. The van der Waals surface area contributed by atoms with E-state index in [4.69, 9.17) is 4.74 Å². The molecule has 0 radical (unpaired) electrons. The van der Waals surface area contributed by atoms with Crippen LogP contribution in [0.1, 0.15) is 56.6 Å². The Morgan fingerprint density at radius 1 is 1.12 bits per heavy atom. The van der Waals surface area contributed by atoms with Crippen molar-refractivity contribution in [2.24, 2.45) is 5.92 Å². The summed E-state index contributed by atoms with van der Waals surface area (Å²) in [6.45, 7) is 3.30. The molecule has 1 aliphatic rings. The Morgan fingerprint density at radius 3 is 2.42 bits per heavy atom. The zero-order chi connectivity index (χ0) is 17.7. The van der Waals surface area contributed by atoms with Crippen molar-refractivity contribution in [2.75, 3.05) is 0 Å². The number of benzene rings is 1. The standard InChI is InChI=1S/C19H24F4O/c1-3-4-5-6-14-8-10-15(11-9-14)24-19(22,23)16-12-7-13(2)17(20)18(16)21/h3-4,7,12,14-15H,5-6,8-11H2,1-2H3/b4-3+. The lowest BCUT2D eigenvalue weighted by atomic mass is 9.84. The molecule has 1 aromatic rings. The molecule has 0 aliphatic heterocycles. The predicted octanol–water partition coefficient (Wildman–Crippen LogP) is 6.25. The predicted molar refractivity (Wildman–Crippen MR) is 85.9 cm³/mol. The van der Waals surface area contributed by atoms with Gasteiger partial charge in [0.05, 0.1) is 11.7 Å². The molecule has 1 fully saturated rings. The van der Waals surface area contributed by atoms with Gasteiger partial charge in [-0.15, -0.1) is 0 Å². The zero-order valence-electron chi connectivity index (χ0n) is 14.1. The molecule has 2 rings (SSSR count). The normalized spacial score (nSPS) is 22.2. The van der Waals surface area contributed by atoms with Gasteiger partial charge >= 0.3 is 6.11 Å². The highest BCUT2D eigenvalue weighted by atomic mass is 19.3. The molecule has 0 amide bonds. The van der Waals surface area contributed by atoms with Gasteiger partial charge in [0.15, 0.2) is 11.6 Å². The van der Waals surface area contributed by atoms with Crippen LogP contribution in [0.4, 0.5) is 17.6 Å². The third-order valence-electron chi connectivity index (χ3n) is 4.67. The van der Waals surface area contributed by atoms with Gasteiger partial charge in [-0.05, 0) is 69.9 Å². The van der Waals surface area contributed by atoms with Crippen LogP contribution in [0.25, 0.3) is 0 Å². The minimum Gasteiger partial charge on any atom is -0.313 e. The number of hydrogen-bond donors (Lipinski definition) is 0. The van der Waals surface area contributed by atoms with E-state index in [2.05, 4.69) is 6.08 Å². The first-order chi connectivity index (χ1) is 11.3. The van der Waals surface area contributed by atoms with E-state index < -0.39 is 29.4 Å². The highest BCUT2D eigenvalue weighted by Crippen LogP contribution is 2.38. The lowest BCUT2D eigenvalue weighted by molar-refractivity contribution is -0.279. The van der Waals surface area contributed by atoms with Crippen LogP contribution >= 0.6 is 0 Å². The van der Waals surface area contributed by atoms with Gasteiger partial charge < -0.3 is 4.74 Å². The third kappa shape index (κ3) is 4.59. The molecule has 24 heavy (non-hydrogen) atoms. The average Bonchev–Trinajstić information content (AvgIpc) is 2.54. The van der Waals surface area contributed by atoms with Crippen molar-refractivity contribution in [1.82, 2.24) is 0 Å². The molecule has 0 unspecified atom stereocenters. The van der Waals surface area contributed by atoms with Gasteiger partial charge in [0.25, 0.3) is 0 Å². The molecule has 0 aromatic heterocycles. The molecule has 1 aliphatic carbocycles. The lowest BCUT2D eigenvalue weighted by Crippen LogP contribution is -2.30. The molecule has 134 valence electrons. The molecule has 5 heteroatoms. The molecular formula is C19H24F4O. The van der Waals surface area contributed by atoms with Crippen LogP contribution in [0, 0.1) is 24.5 Å². The van der Waals surface area contributed by atoms with E-state index in [0.717, 1.165) is 37.8 Å².